The van der Waals surface area contributed by atoms with E-state index in [4.69, 9.17) is 9.47 Å². The van der Waals surface area contributed by atoms with Crippen LogP contribution in [0.1, 0.15) is 30.9 Å². The molecule has 0 bridgehead atoms. The van der Waals surface area contributed by atoms with Crippen LogP contribution in [0.3, 0.4) is 0 Å². The summed E-state index contributed by atoms with van der Waals surface area (Å²) in [7, 11) is 1.70. The Balaban J connectivity index is 1.46. The highest BCUT2D eigenvalue weighted by molar-refractivity contribution is 5.80. The van der Waals surface area contributed by atoms with Gasteiger partial charge in [0.1, 0.15) is 6.04 Å². The molecular formula is C22H33F3N4O2. The van der Waals surface area contributed by atoms with Gasteiger partial charge in [-0.2, -0.15) is 13.2 Å². The molecule has 0 saturated carbocycles. The summed E-state index contributed by atoms with van der Waals surface area (Å²) in [5, 5.41) is 3.34. The van der Waals surface area contributed by atoms with Gasteiger partial charge in [-0.05, 0) is 30.9 Å². The maximum Gasteiger partial charge on any atom is 0.403 e. The molecule has 1 atom stereocenters. The third-order valence-corrected chi connectivity index (χ3v) is 5.94. The van der Waals surface area contributed by atoms with Gasteiger partial charge >= 0.3 is 6.18 Å². The first-order valence-corrected chi connectivity index (χ1v) is 10.9. The van der Waals surface area contributed by atoms with Gasteiger partial charge in [0.05, 0.1) is 12.7 Å². The van der Waals surface area contributed by atoms with Gasteiger partial charge in [0, 0.05) is 53.0 Å². The molecule has 9 heteroatoms. The fraction of sp³-hybridized carbons (Fsp3) is 0.682. The van der Waals surface area contributed by atoms with Crippen LogP contribution in [-0.2, 0) is 22.6 Å². The van der Waals surface area contributed by atoms with Crippen LogP contribution in [0.15, 0.2) is 29.3 Å². The number of halogens is 3. The van der Waals surface area contributed by atoms with E-state index in [0.717, 1.165) is 37.2 Å². The van der Waals surface area contributed by atoms with Crippen LogP contribution in [0.2, 0.25) is 0 Å². The molecule has 0 aromatic heterocycles. The van der Waals surface area contributed by atoms with Gasteiger partial charge in [0.25, 0.3) is 0 Å². The second-order valence-corrected chi connectivity index (χ2v) is 8.08. The molecule has 2 saturated heterocycles. The van der Waals surface area contributed by atoms with Crippen molar-refractivity contribution in [1.29, 1.82) is 0 Å². The highest BCUT2D eigenvalue weighted by Crippen LogP contribution is 2.25. The molecule has 2 heterocycles. The van der Waals surface area contributed by atoms with Crippen molar-refractivity contribution in [3.8, 4) is 0 Å². The molecule has 0 radical (unpaired) electrons. The van der Waals surface area contributed by atoms with Crippen LogP contribution in [-0.4, -0.2) is 80.5 Å². The molecule has 0 spiro atoms. The van der Waals surface area contributed by atoms with Crippen LogP contribution in [0.4, 0.5) is 13.2 Å². The highest BCUT2D eigenvalue weighted by atomic mass is 19.4. The Morgan fingerprint density at radius 1 is 1.19 bits per heavy atom. The number of aliphatic imine (C=N–C) groups is 1. The van der Waals surface area contributed by atoms with E-state index in [9.17, 15) is 13.2 Å². The minimum Gasteiger partial charge on any atom is -0.381 e. The van der Waals surface area contributed by atoms with Gasteiger partial charge in [-0.3, -0.25) is 9.89 Å². The molecule has 2 aliphatic rings. The number of benzene rings is 1. The zero-order valence-electron chi connectivity index (χ0n) is 18.3. The van der Waals surface area contributed by atoms with Crippen molar-refractivity contribution in [2.24, 2.45) is 4.99 Å². The van der Waals surface area contributed by atoms with Gasteiger partial charge in [-0.15, -0.1) is 0 Å². The zero-order chi connectivity index (χ0) is 22.3. The minimum atomic E-state index is -4.19. The molecule has 1 unspecified atom stereocenters. The van der Waals surface area contributed by atoms with Crippen LogP contribution in [0.5, 0.6) is 0 Å². The van der Waals surface area contributed by atoms with E-state index in [2.05, 4.69) is 22.4 Å². The maximum absolute atomic E-state index is 13.0. The molecule has 1 aromatic rings. The Labute approximate surface area is 182 Å². The average molecular weight is 443 g/mol. The van der Waals surface area contributed by atoms with Gasteiger partial charge in [-0.25, -0.2) is 0 Å². The first kappa shape index (κ1) is 23.8. The second kappa shape index (κ2) is 11.2. The van der Waals surface area contributed by atoms with E-state index in [0.29, 0.717) is 45.3 Å². The summed E-state index contributed by atoms with van der Waals surface area (Å²) < 4.78 is 50.2. The Bertz CT molecular complexity index is 715. The number of rotatable bonds is 6. The van der Waals surface area contributed by atoms with Gasteiger partial charge in [-0.1, -0.05) is 24.3 Å². The zero-order valence-corrected chi connectivity index (χ0v) is 18.3. The standard InChI is InChI=1S/C22H33F3N4O2/c1-17(22(23,24)25)28-8-10-29(11-9-28)21(26-2)27-15-18-4-3-5-19(14-18)16-31-20-6-12-30-13-7-20/h3-5,14,17,20H,6-13,15-16H2,1-2H3,(H,26,27). The average Bonchev–Trinajstić information content (AvgIpc) is 2.78. The van der Waals surface area contributed by atoms with Crippen LogP contribution >= 0.6 is 0 Å². The number of piperazine rings is 1. The lowest BCUT2D eigenvalue weighted by Crippen LogP contribution is -2.56. The fourth-order valence-corrected chi connectivity index (χ4v) is 3.93. The van der Waals surface area contributed by atoms with E-state index in [1.807, 2.05) is 17.0 Å². The summed E-state index contributed by atoms with van der Waals surface area (Å²) in [6.45, 7) is 5.66. The molecule has 1 aromatic carbocycles. The van der Waals surface area contributed by atoms with Crippen molar-refractivity contribution in [2.45, 2.75) is 51.2 Å². The number of hydrogen-bond donors (Lipinski definition) is 1. The Morgan fingerprint density at radius 3 is 2.52 bits per heavy atom. The Morgan fingerprint density at radius 2 is 1.87 bits per heavy atom. The molecule has 0 aliphatic carbocycles. The summed E-state index contributed by atoms with van der Waals surface area (Å²) in [4.78, 5) is 7.81. The quantitative estimate of drug-likeness (QED) is 0.542. The lowest BCUT2D eigenvalue weighted by Gasteiger charge is -2.39. The molecule has 3 rings (SSSR count). The summed E-state index contributed by atoms with van der Waals surface area (Å²) in [6, 6.07) is 6.80. The smallest absolute Gasteiger partial charge is 0.381 e. The van der Waals surface area contributed by atoms with E-state index < -0.39 is 12.2 Å². The number of guanidine groups is 1. The largest absolute Gasteiger partial charge is 0.403 e. The lowest BCUT2D eigenvalue weighted by atomic mass is 10.1. The lowest BCUT2D eigenvalue weighted by molar-refractivity contribution is -0.181. The van der Waals surface area contributed by atoms with Gasteiger partial charge in [0.2, 0.25) is 0 Å². The van der Waals surface area contributed by atoms with E-state index in [1.54, 1.807) is 7.05 Å². The third kappa shape index (κ3) is 7.08. The van der Waals surface area contributed by atoms with Crippen LogP contribution in [0.25, 0.3) is 0 Å². The van der Waals surface area contributed by atoms with E-state index >= 15 is 0 Å². The number of nitrogens with one attached hydrogen (secondary N) is 1. The van der Waals surface area contributed by atoms with Gasteiger partial charge < -0.3 is 19.7 Å². The molecule has 2 aliphatic heterocycles. The van der Waals surface area contributed by atoms with Gasteiger partial charge in [0.15, 0.2) is 5.96 Å². The maximum atomic E-state index is 13.0. The molecule has 1 N–H and O–H groups in total. The van der Waals surface area contributed by atoms with Crippen molar-refractivity contribution < 1.29 is 22.6 Å². The first-order chi connectivity index (χ1) is 14.9. The molecule has 31 heavy (non-hydrogen) atoms. The van der Waals surface area contributed by atoms with E-state index in [1.165, 1.54) is 11.8 Å². The van der Waals surface area contributed by atoms with Crippen molar-refractivity contribution in [3.63, 3.8) is 0 Å². The van der Waals surface area contributed by atoms with Crippen molar-refractivity contribution in [1.82, 2.24) is 15.1 Å². The first-order valence-electron chi connectivity index (χ1n) is 10.9. The Kier molecular flexibility index (Phi) is 8.57. The molecule has 0 amide bonds. The number of ether oxygens (including phenoxy) is 2. The SMILES string of the molecule is CN=C(NCc1cccc(COC2CCOCC2)c1)N1CCN(C(C)C(F)(F)F)CC1. The second-order valence-electron chi connectivity index (χ2n) is 8.08. The topological polar surface area (TPSA) is 49.3 Å². The summed E-state index contributed by atoms with van der Waals surface area (Å²) in [5.74, 6) is 0.711. The fourth-order valence-electron chi connectivity index (χ4n) is 3.93. The summed E-state index contributed by atoms with van der Waals surface area (Å²) in [5.41, 5.74) is 2.23. The van der Waals surface area contributed by atoms with E-state index in [-0.39, 0.29) is 6.10 Å². The summed E-state index contributed by atoms with van der Waals surface area (Å²) >= 11 is 0. The molecule has 2 fully saturated rings. The number of alkyl halides is 3. The van der Waals surface area contributed by atoms with Crippen molar-refractivity contribution in [3.05, 3.63) is 35.4 Å². The number of nitrogens with zero attached hydrogens (tertiary/aromatic N) is 3. The molecule has 6 nitrogen and oxygen atoms in total. The van der Waals surface area contributed by atoms with Crippen LogP contribution < -0.4 is 5.32 Å². The molecule has 174 valence electrons. The summed E-state index contributed by atoms with van der Waals surface area (Å²) in [6.07, 6.45) is -2.06. The van der Waals surface area contributed by atoms with Crippen molar-refractivity contribution >= 4 is 5.96 Å². The minimum absolute atomic E-state index is 0.257. The predicted octanol–water partition coefficient (Wildman–Crippen LogP) is 3.03. The highest BCUT2D eigenvalue weighted by Gasteiger charge is 2.41. The predicted molar refractivity (Wildman–Crippen MR) is 114 cm³/mol. The third-order valence-electron chi connectivity index (χ3n) is 5.94. The van der Waals surface area contributed by atoms with Crippen molar-refractivity contribution in [2.75, 3.05) is 46.4 Å². The monoisotopic (exact) mass is 442 g/mol. The Hall–Kier alpha value is -1.84. The van der Waals surface area contributed by atoms with Crippen LogP contribution in [0, 0.1) is 0 Å². The number of hydrogen-bond acceptors (Lipinski definition) is 4. The normalized spacial score (nSPS) is 20.7. The molecular weight excluding hydrogens is 409 g/mol.